The molecule has 0 amide bonds. The Morgan fingerprint density at radius 1 is 1.00 bits per heavy atom. The maximum Gasteiger partial charge on any atom is 0.289 e. The van der Waals surface area contributed by atoms with Crippen molar-refractivity contribution in [2.24, 2.45) is 0 Å². The Morgan fingerprint density at radius 3 is 2.24 bits per heavy atom. The maximum absolute atomic E-state index is 10.8. The van der Waals surface area contributed by atoms with Crippen molar-refractivity contribution in [1.82, 2.24) is 0 Å². The van der Waals surface area contributed by atoms with Gasteiger partial charge in [-0.05, 0) is 17.7 Å². The van der Waals surface area contributed by atoms with Gasteiger partial charge < -0.3 is 5.32 Å². The fourth-order valence-electron chi connectivity index (χ4n) is 1.70. The van der Waals surface area contributed by atoms with Crippen molar-refractivity contribution in [3.05, 3.63) is 73.3 Å². The smallest absolute Gasteiger partial charge is 0.289 e. The zero-order valence-corrected chi connectivity index (χ0v) is 11.4. The molecule has 0 unspecified atom stereocenters. The SMILES string of the molecule is O=[N+]([O-])c1ccc(CNc2ccc(Cl)c([N+](=O)[O-])c2)cc1. The number of nitrogens with one attached hydrogen (secondary N) is 1. The molecule has 1 N–H and O–H groups in total. The van der Waals surface area contributed by atoms with E-state index >= 15 is 0 Å². The average molecular weight is 308 g/mol. The molecule has 0 saturated heterocycles. The molecule has 2 rings (SSSR count). The van der Waals surface area contributed by atoms with Crippen molar-refractivity contribution in [2.45, 2.75) is 6.54 Å². The summed E-state index contributed by atoms with van der Waals surface area (Å²) in [5.41, 5.74) is 1.20. The predicted octanol–water partition coefficient (Wildman–Crippen LogP) is 3.77. The van der Waals surface area contributed by atoms with Gasteiger partial charge in [0.05, 0.1) is 9.85 Å². The molecule has 2 aromatic carbocycles. The molecule has 0 radical (unpaired) electrons. The summed E-state index contributed by atoms with van der Waals surface area (Å²) in [7, 11) is 0. The van der Waals surface area contributed by atoms with E-state index in [1.807, 2.05) is 0 Å². The number of halogens is 1. The Kier molecular flexibility index (Phi) is 4.34. The molecule has 0 fully saturated rings. The van der Waals surface area contributed by atoms with Crippen LogP contribution >= 0.6 is 11.6 Å². The van der Waals surface area contributed by atoms with E-state index in [4.69, 9.17) is 11.6 Å². The summed E-state index contributed by atoms with van der Waals surface area (Å²) in [5, 5.41) is 24.4. The van der Waals surface area contributed by atoms with Gasteiger partial charge in [-0.15, -0.1) is 0 Å². The van der Waals surface area contributed by atoms with Crippen LogP contribution in [-0.4, -0.2) is 9.85 Å². The van der Waals surface area contributed by atoms with Crippen molar-refractivity contribution < 1.29 is 9.85 Å². The number of hydrogen-bond acceptors (Lipinski definition) is 5. The monoisotopic (exact) mass is 307 g/mol. The molecule has 2 aromatic rings. The van der Waals surface area contributed by atoms with Crippen LogP contribution in [0.2, 0.25) is 5.02 Å². The first-order valence-corrected chi connectivity index (χ1v) is 6.26. The Bertz CT molecular complexity index is 688. The fraction of sp³-hybridized carbons (Fsp3) is 0.0769. The summed E-state index contributed by atoms with van der Waals surface area (Å²) < 4.78 is 0. The predicted molar refractivity (Wildman–Crippen MR) is 78.5 cm³/mol. The van der Waals surface area contributed by atoms with Gasteiger partial charge in [0.2, 0.25) is 0 Å². The molecule has 21 heavy (non-hydrogen) atoms. The van der Waals surface area contributed by atoms with E-state index in [1.165, 1.54) is 24.3 Å². The molecule has 0 spiro atoms. The number of anilines is 1. The normalized spacial score (nSPS) is 10.1. The largest absolute Gasteiger partial charge is 0.381 e. The Hall–Kier alpha value is -2.67. The van der Waals surface area contributed by atoms with Crippen LogP contribution in [0, 0.1) is 20.2 Å². The van der Waals surface area contributed by atoms with Crippen molar-refractivity contribution in [2.75, 3.05) is 5.32 Å². The lowest BCUT2D eigenvalue weighted by Gasteiger charge is -2.07. The van der Waals surface area contributed by atoms with E-state index in [0.29, 0.717) is 12.2 Å². The zero-order valence-electron chi connectivity index (χ0n) is 10.7. The lowest BCUT2D eigenvalue weighted by atomic mass is 10.2. The number of rotatable bonds is 5. The second-order valence-corrected chi connectivity index (χ2v) is 4.61. The van der Waals surface area contributed by atoms with E-state index < -0.39 is 9.85 Å². The quantitative estimate of drug-likeness (QED) is 0.669. The van der Waals surface area contributed by atoms with Gasteiger partial charge in [-0.25, -0.2) is 0 Å². The highest BCUT2D eigenvalue weighted by Gasteiger charge is 2.12. The van der Waals surface area contributed by atoms with Crippen molar-refractivity contribution in [3.63, 3.8) is 0 Å². The summed E-state index contributed by atoms with van der Waals surface area (Å²) >= 11 is 5.72. The third-order valence-corrected chi connectivity index (χ3v) is 3.11. The van der Waals surface area contributed by atoms with Crippen LogP contribution in [0.5, 0.6) is 0 Å². The van der Waals surface area contributed by atoms with Gasteiger partial charge in [-0.1, -0.05) is 23.7 Å². The Morgan fingerprint density at radius 2 is 1.67 bits per heavy atom. The minimum atomic E-state index is -0.556. The molecule has 0 atom stereocenters. The molecule has 7 nitrogen and oxygen atoms in total. The molecule has 0 heterocycles. The van der Waals surface area contributed by atoms with Gasteiger partial charge >= 0.3 is 0 Å². The lowest BCUT2D eigenvalue weighted by Crippen LogP contribution is -2.00. The third-order valence-electron chi connectivity index (χ3n) is 2.79. The molecule has 0 saturated carbocycles. The van der Waals surface area contributed by atoms with Gasteiger partial charge in [-0.2, -0.15) is 0 Å². The van der Waals surface area contributed by atoms with Crippen LogP contribution < -0.4 is 5.32 Å². The van der Waals surface area contributed by atoms with Crippen LogP contribution in [0.3, 0.4) is 0 Å². The number of non-ortho nitro benzene ring substituents is 1. The molecule has 0 bridgehead atoms. The van der Waals surface area contributed by atoms with Crippen LogP contribution in [-0.2, 0) is 6.54 Å². The third kappa shape index (κ3) is 3.67. The molecule has 8 heteroatoms. The van der Waals surface area contributed by atoms with Crippen LogP contribution in [0.15, 0.2) is 42.5 Å². The summed E-state index contributed by atoms with van der Waals surface area (Å²) in [6, 6.07) is 10.5. The zero-order chi connectivity index (χ0) is 15.4. The van der Waals surface area contributed by atoms with Crippen molar-refractivity contribution in [3.8, 4) is 0 Å². The summed E-state index contributed by atoms with van der Waals surface area (Å²) in [4.78, 5) is 20.3. The molecule has 108 valence electrons. The standard InChI is InChI=1S/C13H10ClN3O4/c14-12-6-3-10(7-13(12)17(20)21)15-8-9-1-4-11(5-2-9)16(18)19/h1-7,15H,8H2. The number of nitro groups is 2. The molecule has 0 aliphatic carbocycles. The van der Waals surface area contributed by atoms with E-state index in [1.54, 1.807) is 18.2 Å². The maximum atomic E-state index is 10.8. The average Bonchev–Trinajstić information content (AvgIpc) is 2.46. The van der Waals surface area contributed by atoms with Crippen LogP contribution in [0.1, 0.15) is 5.56 Å². The van der Waals surface area contributed by atoms with E-state index in [0.717, 1.165) is 5.56 Å². The Labute approximate surface area is 124 Å². The highest BCUT2D eigenvalue weighted by atomic mass is 35.5. The first-order chi connectivity index (χ1) is 9.97. The summed E-state index contributed by atoms with van der Waals surface area (Å²) in [5.74, 6) is 0. The molecule has 0 aliphatic heterocycles. The molecular formula is C13H10ClN3O4. The Balaban J connectivity index is 2.07. The second-order valence-electron chi connectivity index (χ2n) is 4.20. The number of benzene rings is 2. The van der Waals surface area contributed by atoms with Gasteiger partial charge in [0, 0.05) is 30.4 Å². The van der Waals surface area contributed by atoms with Gasteiger partial charge in [-0.3, -0.25) is 20.2 Å². The highest BCUT2D eigenvalue weighted by molar-refractivity contribution is 6.32. The van der Waals surface area contributed by atoms with Gasteiger partial charge in [0.25, 0.3) is 11.4 Å². The van der Waals surface area contributed by atoms with Crippen molar-refractivity contribution in [1.29, 1.82) is 0 Å². The van der Waals surface area contributed by atoms with E-state index in [9.17, 15) is 20.2 Å². The first-order valence-electron chi connectivity index (χ1n) is 5.88. The van der Waals surface area contributed by atoms with Crippen LogP contribution in [0.4, 0.5) is 17.1 Å². The topological polar surface area (TPSA) is 98.3 Å². The summed E-state index contributed by atoms with van der Waals surface area (Å²) in [6.07, 6.45) is 0. The van der Waals surface area contributed by atoms with E-state index in [2.05, 4.69) is 5.32 Å². The second kappa shape index (κ2) is 6.19. The number of nitrogens with zero attached hydrogens (tertiary/aromatic N) is 2. The fourth-order valence-corrected chi connectivity index (χ4v) is 1.89. The highest BCUT2D eigenvalue weighted by Crippen LogP contribution is 2.27. The number of nitro benzene ring substituents is 2. The first kappa shape index (κ1) is 14.7. The molecule has 0 aromatic heterocycles. The summed E-state index contributed by atoms with van der Waals surface area (Å²) in [6.45, 7) is 0.386. The van der Waals surface area contributed by atoms with Gasteiger partial charge in [0.15, 0.2) is 0 Å². The van der Waals surface area contributed by atoms with Crippen molar-refractivity contribution >= 4 is 28.7 Å². The molecular weight excluding hydrogens is 298 g/mol. The number of hydrogen-bond donors (Lipinski definition) is 1. The minimum absolute atomic E-state index is 0.0147. The lowest BCUT2D eigenvalue weighted by molar-refractivity contribution is -0.385. The van der Waals surface area contributed by atoms with E-state index in [-0.39, 0.29) is 16.4 Å². The van der Waals surface area contributed by atoms with Gasteiger partial charge in [0.1, 0.15) is 5.02 Å². The molecule has 0 aliphatic rings. The minimum Gasteiger partial charge on any atom is -0.381 e. The van der Waals surface area contributed by atoms with Crippen LogP contribution in [0.25, 0.3) is 0 Å².